The Balaban J connectivity index is 2.18. The summed E-state index contributed by atoms with van der Waals surface area (Å²) in [7, 11) is 1.74. The van der Waals surface area contributed by atoms with Gasteiger partial charge in [-0.05, 0) is 24.0 Å². The van der Waals surface area contributed by atoms with Gasteiger partial charge in [0.1, 0.15) is 0 Å². The van der Waals surface area contributed by atoms with Crippen molar-refractivity contribution in [3.63, 3.8) is 0 Å². The van der Waals surface area contributed by atoms with Crippen molar-refractivity contribution in [2.75, 3.05) is 13.7 Å². The van der Waals surface area contributed by atoms with E-state index in [2.05, 4.69) is 55.5 Å². The molecule has 21 heavy (non-hydrogen) atoms. The highest BCUT2D eigenvalue weighted by atomic mass is 16.5. The van der Waals surface area contributed by atoms with Crippen molar-refractivity contribution < 1.29 is 4.74 Å². The largest absolute Gasteiger partial charge is 0.382 e. The van der Waals surface area contributed by atoms with Crippen LogP contribution in [0.1, 0.15) is 24.5 Å². The Morgan fingerprint density at radius 3 is 2.19 bits per heavy atom. The van der Waals surface area contributed by atoms with Crippen molar-refractivity contribution in [1.29, 1.82) is 0 Å². The van der Waals surface area contributed by atoms with Crippen LogP contribution in [0, 0.1) is 0 Å². The van der Waals surface area contributed by atoms with Crippen LogP contribution < -0.4 is 0 Å². The Hall–Kier alpha value is -1.93. The molecular weight excluding hydrogens is 258 g/mol. The molecule has 0 fully saturated rings. The second kappa shape index (κ2) is 8.38. The molecule has 0 amide bonds. The fourth-order valence-corrected chi connectivity index (χ4v) is 2.44. The predicted molar refractivity (Wildman–Crippen MR) is 89.1 cm³/mol. The zero-order valence-electron chi connectivity index (χ0n) is 12.8. The van der Waals surface area contributed by atoms with E-state index in [1.165, 1.54) is 11.1 Å². The minimum atomic E-state index is 0.160. The van der Waals surface area contributed by atoms with E-state index in [0.29, 0.717) is 6.61 Å². The smallest absolute Gasteiger partial charge is 0.0776 e. The predicted octanol–water partition coefficient (Wildman–Crippen LogP) is 4.14. The third-order valence-corrected chi connectivity index (χ3v) is 3.45. The summed E-state index contributed by atoms with van der Waals surface area (Å²) in [4.78, 5) is 4.94. The van der Waals surface area contributed by atoms with E-state index < -0.39 is 0 Å². The number of nitrogens with zero attached hydrogens (tertiary/aromatic N) is 1. The van der Waals surface area contributed by atoms with Gasteiger partial charge >= 0.3 is 0 Å². The van der Waals surface area contributed by atoms with Crippen LogP contribution in [0.4, 0.5) is 0 Å². The van der Waals surface area contributed by atoms with Gasteiger partial charge in [-0.3, -0.25) is 4.99 Å². The van der Waals surface area contributed by atoms with Gasteiger partial charge in [0.15, 0.2) is 0 Å². The number of ether oxygens (including phenoxy) is 1. The Morgan fingerprint density at radius 1 is 1.00 bits per heavy atom. The molecule has 0 saturated carbocycles. The van der Waals surface area contributed by atoms with Crippen molar-refractivity contribution in [3.05, 3.63) is 71.8 Å². The molecule has 2 rings (SSSR count). The maximum absolute atomic E-state index is 5.35. The average molecular weight is 281 g/mol. The van der Waals surface area contributed by atoms with Crippen LogP contribution in [0.15, 0.2) is 65.7 Å². The highest BCUT2D eigenvalue weighted by Gasteiger charge is 2.10. The molecule has 2 aromatic carbocycles. The first-order valence-corrected chi connectivity index (χ1v) is 7.48. The van der Waals surface area contributed by atoms with Crippen molar-refractivity contribution in [3.8, 4) is 0 Å². The summed E-state index contributed by atoms with van der Waals surface area (Å²) in [6, 6.07) is 21.0. The van der Waals surface area contributed by atoms with Crippen LogP contribution in [-0.4, -0.2) is 25.5 Å². The second-order valence-electron chi connectivity index (χ2n) is 5.09. The summed E-state index contributed by atoms with van der Waals surface area (Å²) in [6.07, 6.45) is 1.84. The summed E-state index contributed by atoms with van der Waals surface area (Å²) in [5.41, 5.74) is 3.65. The van der Waals surface area contributed by atoms with Crippen LogP contribution in [0.2, 0.25) is 0 Å². The van der Waals surface area contributed by atoms with E-state index in [9.17, 15) is 0 Å². The van der Waals surface area contributed by atoms with E-state index in [1.807, 2.05) is 12.1 Å². The number of hydrogen-bond acceptors (Lipinski definition) is 2. The number of hydrogen-bond donors (Lipinski definition) is 0. The molecule has 0 bridgehead atoms. The van der Waals surface area contributed by atoms with Crippen molar-refractivity contribution in [1.82, 2.24) is 0 Å². The third-order valence-electron chi connectivity index (χ3n) is 3.45. The van der Waals surface area contributed by atoms with Crippen LogP contribution >= 0.6 is 0 Å². The summed E-state index contributed by atoms with van der Waals surface area (Å²) in [5.74, 6) is 0. The molecular formula is C19H23NO. The van der Waals surface area contributed by atoms with E-state index in [0.717, 1.165) is 18.6 Å². The first-order chi connectivity index (χ1) is 10.3. The first kappa shape index (κ1) is 15.5. The maximum Gasteiger partial charge on any atom is 0.0776 e. The highest BCUT2D eigenvalue weighted by molar-refractivity contribution is 6.00. The topological polar surface area (TPSA) is 21.6 Å². The van der Waals surface area contributed by atoms with E-state index in [4.69, 9.17) is 9.73 Å². The molecule has 0 aliphatic carbocycles. The van der Waals surface area contributed by atoms with Gasteiger partial charge in [0.2, 0.25) is 0 Å². The molecule has 0 N–H and O–H groups in total. The summed E-state index contributed by atoms with van der Waals surface area (Å²) in [6.45, 7) is 2.80. The standard InChI is InChI=1S/C19H23NO/c1-3-19(17-12-8-5-9-13-17)20-18(15-21-2)14-16-10-6-4-7-11-16/h4-13,18H,3,14-15H2,1-2H3/t18-/m0/s1. The minimum Gasteiger partial charge on any atom is -0.382 e. The molecule has 0 radical (unpaired) electrons. The van der Waals surface area contributed by atoms with E-state index in [-0.39, 0.29) is 6.04 Å². The van der Waals surface area contributed by atoms with Crippen molar-refractivity contribution >= 4 is 5.71 Å². The monoisotopic (exact) mass is 281 g/mol. The Labute approximate surface area is 127 Å². The minimum absolute atomic E-state index is 0.160. The van der Waals surface area contributed by atoms with Gasteiger partial charge in [0.05, 0.1) is 12.6 Å². The first-order valence-electron chi connectivity index (χ1n) is 7.48. The molecule has 1 atom stereocenters. The van der Waals surface area contributed by atoms with Gasteiger partial charge in [-0.2, -0.15) is 0 Å². The van der Waals surface area contributed by atoms with Gasteiger partial charge in [-0.15, -0.1) is 0 Å². The maximum atomic E-state index is 5.35. The lowest BCUT2D eigenvalue weighted by atomic mass is 10.0. The SMILES string of the molecule is CCC(=N[C@H](COC)Cc1ccccc1)c1ccccc1. The molecule has 2 nitrogen and oxygen atoms in total. The molecule has 0 aliphatic rings. The number of aliphatic imine (C=N–C) groups is 1. The molecule has 0 spiro atoms. The number of rotatable bonds is 7. The van der Waals surface area contributed by atoms with Gasteiger partial charge in [-0.25, -0.2) is 0 Å². The summed E-state index contributed by atoms with van der Waals surface area (Å²) in [5, 5.41) is 0. The third kappa shape index (κ3) is 4.83. The van der Waals surface area contributed by atoms with Crippen LogP contribution in [0.5, 0.6) is 0 Å². The lowest BCUT2D eigenvalue weighted by Gasteiger charge is -2.14. The van der Waals surface area contributed by atoms with Gasteiger partial charge in [0, 0.05) is 12.8 Å². The molecule has 0 aromatic heterocycles. The molecule has 0 heterocycles. The second-order valence-corrected chi connectivity index (χ2v) is 5.09. The van der Waals surface area contributed by atoms with Gasteiger partial charge in [-0.1, -0.05) is 67.6 Å². The fourth-order valence-electron chi connectivity index (χ4n) is 2.44. The van der Waals surface area contributed by atoms with Crippen molar-refractivity contribution in [2.24, 2.45) is 4.99 Å². The molecule has 0 aliphatic heterocycles. The summed E-state index contributed by atoms with van der Waals surface area (Å²) >= 11 is 0. The zero-order chi connectivity index (χ0) is 14.9. The number of benzene rings is 2. The Bertz CT molecular complexity index is 548. The average Bonchev–Trinajstić information content (AvgIpc) is 2.54. The van der Waals surface area contributed by atoms with E-state index >= 15 is 0 Å². The summed E-state index contributed by atoms with van der Waals surface area (Å²) < 4.78 is 5.35. The lowest BCUT2D eigenvalue weighted by Crippen LogP contribution is -2.18. The fraction of sp³-hybridized carbons (Fsp3) is 0.316. The van der Waals surface area contributed by atoms with Gasteiger partial charge in [0.25, 0.3) is 0 Å². The van der Waals surface area contributed by atoms with E-state index in [1.54, 1.807) is 7.11 Å². The molecule has 0 unspecified atom stereocenters. The quantitative estimate of drug-likeness (QED) is 0.699. The lowest BCUT2D eigenvalue weighted by molar-refractivity contribution is 0.180. The van der Waals surface area contributed by atoms with Gasteiger partial charge < -0.3 is 4.74 Å². The van der Waals surface area contributed by atoms with Crippen molar-refractivity contribution in [2.45, 2.75) is 25.8 Å². The molecule has 2 aromatic rings. The van der Waals surface area contributed by atoms with Crippen LogP contribution in [0.25, 0.3) is 0 Å². The molecule has 2 heteroatoms. The van der Waals surface area contributed by atoms with Crippen LogP contribution in [0.3, 0.4) is 0 Å². The number of methoxy groups -OCH3 is 1. The Kier molecular flexibility index (Phi) is 6.17. The van der Waals surface area contributed by atoms with Crippen LogP contribution in [-0.2, 0) is 11.2 Å². The molecule has 110 valence electrons. The highest BCUT2D eigenvalue weighted by Crippen LogP contribution is 2.11. The zero-order valence-corrected chi connectivity index (χ0v) is 12.8. The Morgan fingerprint density at radius 2 is 1.62 bits per heavy atom. The normalized spacial score (nSPS) is 13.1. The molecule has 0 saturated heterocycles.